The molecular formula is C23H27NO3. The van der Waals surface area contributed by atoms with E-state index >= 15 is 0 Å². The number of hydrogen-bond acceptors (Lipinski definition) is 3. The quantitative estimate of drug-likeness (QED) is 0.566. The van der Waals surface area contributed by atoms with Crippen molar-refractivity contribution in [3.8, 4) is 5.75 Å². The van der Waals surface area contributed by atoms with Gasteiger partial charge in [-0.2, -0.15) is 0 Å². The van der Waals surface area contributed by atoms with Crippen LogP contribution in [-0.4, -0.2) is 18.4 Å². The number of carbonyl (C=O) groups excluding carboxylic acids is 2. The first-order valence-corrected chi connectivity index (χ1v) is 9.58. The number of benzene rings is 2. The molecule has 0 radical (unpaired) electrons. The van der Waals surface area contributed by atoms with Gasteiger partial charge in [-0.1, -0.05) is 38.1 Å². The van der Waals surface area contributed by atoms with Crippen LogP contribution in [0, 0.1) is 19.8 Å². The first-order valence-electron chi connectivity index (χ1n) is 9.58. The molecule has 0 spiro atoms. The maximum atomic E-state index is 12.7. The minimum atomic E-state index is -0.441. The Hall–Kier alpha value is -2.62. The summed E-state index contributed by atoms with van der Waals surface area (Å²) in [6.07, 6.45) is 1.16. The van der Waals surface area contributed by atoms with Crippen LogP contribution >= 0.6 is 0 Å². The van der Waals surface area contributed by atoms with Gasteiger partial charge in [-0.25, -0.2) is 0 Å². The Kier molecular flexibility index (Phi) is 5.64. The zero-order valence-electron chi connectivity index (χ0n) is 16.5. The van der Waals surface area contributed by atoms with Crippen LogP contribution in [0.5, 0.6) is 5.75 Å². The first kappa shape index (κ1) is 19.2. The molecule has 2 aromatic rings. The lowest BCUT2D eigenvalue weighted by Crippen LogP contribution is -2.27. The monoisotopic (exact) mass is 365 g/mol. The molecule has 27 heavy (non-hydrogen) atoms. The summed E-state index contributed by atoms with van der Waals surface area (Å²) in [5.41, 5.74) is 4.09. The Morgan fingerprint density at radius 1 is 1.19 bits per heavy atom. The number of rotatable bonds is 5. The second-order valence-electron chi connectivity index (χ2n) is 7.52. The fourth-order valence-corrected chi connectivity index (χ4v) is 3.61. The van der Waals surface area contributed by atoms with E-state index in [1.165, 1.54) is 0 Å². The van der Waals surface area contributed by atoms with Crippen molar-refractivity contribution in [2.45, 2.75) is 46.5 Å². The molecule has 2 aromatic carbocycles. The van der Waals surface area contributed by atoms with Gasteiger partial charge < -0.3 is 9.64 Å². The van der Waals surface area contributed by atoms with Crippen LogP contribution < -0.4 is 9.64 Å². The van der Waals surface area contributed by atoms with E-state index in [-0.39, 0.29) is 18.3 Å². The molecule has 1 heterocycles. The largest absolute Gasteiger partial charge is 0.426 e. The molecule has 0 unspecified atom stereocenters. The third kappa shape index (κ3) is 4.21. The molecule has 4 heteroatoms. The summed E-state index contributed by atoms with van der Waals surface area (Å²) in [5, 5.41) is 0. The Balaban J connectivity index is 1.75. The molecule has 3 rings (SSSR count). The van der Waals surface area contributed by atoms with Gasteiger partial charge in [0.05, 0.1) is 5.92 Å². The average molecular weight is 365 g/mol. The van der Waals surface area contributed by atoms with E-state index < -0.39 is 5.92 Å². The summed E-state index contributed by atoms with van der Waals surface area (Å²) >= 11 is 0. The third-order valence-electron chi connectivity index (χ3n) is 5.25. The van der Waals surface area contributed by atoms with Crippen LogP contribution in [0.15, 0.2) is 42.5 Å². The summed E-state index contributed by atoms with van der Waals surface area (Å²) in [4.78, 5) is 26.9. The summed E-state index contributed by atoms with van der Waals surface area (Å²) in [6.45, 7) is 8.61. The molecule has 2 atom stereocenters. The van der Waals surface area contributed by atoms with Crippen molar-refractivity contribution in [1.82, 2.24) is 0 Å². The lowest BCUT2D eigenvalue weighted by molar-refractivity contribution is -0.139. The number of nitrogens with zero attached hydrogens (tertiary/aromatic N) is 1. The van der Waals surface area contributed by atoms with Gasteiger partial charge in [-0.3, -0.25) is 9.59 Å². The van der Waals surface area contributed by atoms with Crippen LogP contribution in [0.1, 0.15) is 49.3 Å². The molecule has 1 fully saturated rings. The second-order valence-corrected chi connectivity index (χ2v) is 7.52. The van der Waals surface area contributed by atoms with Crippen molar-refractivity contribution >= 4 is 17.6 Å². The van der Waals surface area contributed by atoms with Crippen LogP contribution in [0.25, 0.3) is 0 Å². The van der Waals surface area contributed by atoms with Crippen LogP contribution in [0.4, 0.5) is 5.69 Å². The summed E-state index contributed by atoms with van der Waals surface area (Å²) < 4.78 is 5.71. The minimum Gasteiger partial charge on any atom is -0.426 e. The Morgan fingerprint density at radius 3 is 2.52 bits per heavy atom. The highest BCUT2D eigenvalue weighted by molar-refractivity contribution is 5.99. The highest BCUT2D eigenvalue weighted by Gasteiger charge is 2.36. The zero-order chi connectivity index (χ0) is 19.6. The van der Waals surface area contributed by atoms with Gasteiger partial charge in [-0.05, 0) is 61.1 Å². The van der Waals surface area contributed by atoms with Crippen molar-refractivity contribution in [1.29, 1.82) is 0 Å². The number of para-hydroxylation sites is 1. The first-order chi connectivity index (χ1) is 12.9. The van der Waals surface area contributed by atoms with E-state index in [0.29, 0.717) is 18.2 Å². The van der Waals surface area contributed by atoms with Gasteiger partial charge in [0, 0.05) is 18.7 Å². The molecule has 1 saturated heterocycles. The van der Waals surface area contributed by atoms with Gasteiger partial charge in [-0.15, -0.1) is 0 Å². The molecule has 4 nitrogen and oxygen atoms in total. The van der Waals surface area contributed by atoms with Gasteiger partial charge in [0.25, 0.3) is 0 Å². The number of hydrogen-bond donors (Lipinski definition) is 0. The predicted molar refractivity (Wildman–Crippen MR) is 107 cm³/mol. The van der Waals surface area contributed by atoms with Crippen LogP contribution in [-0.2, 0) is 9.59 Å². The SMILES string of the molecule is CC[C@@H](C)c1ccccc1OC(=O)[C@H]1CC(=O)N(c2cc(C)cc(C)c2)C1. The van der Waals surface area contributed by atoms with Crippen molar-refractivity contribution in [2.24, 2.45) is 5.92 Å². The number of anilines is 1. The summed E-state index contributed by atoms with van der Waals surface area (Å²) in [5.74, 6) is 0.117. The van der Waals surface area contributed by atoms with Crippen LogP contribution in [0.2, 0.25) is 0 Å². The normalized spacial score (nSPS) is 17.9. The second kappa shape index (κ2) is 7.95. The smallest absolute Gasteiger partial charge is 0.316 e. The standard InChI is InChI=1S/C23H27NO3/c1-5-17(4)20-8-6-7-9-21(20)27-23(26)18-13-22(25)24(14-18)19-11-15(2)10-16(3)12-19/h6-12,17-18H,5,13-14H2,1-4H3/t17-,18+/m1/s1. The fourth-order valence-electron chi connectivity index (χ4n) is 3.61. The molecule has 142 valence electrons. The van der Waals surface area contributed by atoms with Gasteiger partial charge >= 0.3 is 5.97 Å². The number of esters is 1. The Morgan fingerprint density at radius 2 is 1.85 bits per heavy atom. The van der Waals surface area contributed by atoms with E-state index in [9.17, 15) is 9.59 Å². The Labute approximate surface area is 161 Å². The van der Waals surface area contributed by atoms with Crippen molar-refractivity contribution in [3.05, 3.63) is 59.2 Å². The van der Waals surface area contributed by atoms with Crippen LogP contribution in [0.3, 0.4) is 0 Å². The lowest BCUT2D eigenvalue weighted by Gasteiger charge is -2.18. The van der Waals surface area contributed by atoms with E-state index in [4.69, 9.17) is 4.74 Å². The molecule has 0 bridgehead atoms. The maximum absolute atomic E-state index is 12.7. The molecule has 0 aliphatic carbocycles. The average Bonchev–Trinajstić information content (AvgIpc) is 3.02. The number of aryl methyl sites for hydroxylation is 2. The highest BCUT2D eigenvalue weighted by atomic mass is 16.5. The fraction of sp³-hybridized carbons (Fsp3) is 0.391. The molecular weight excluding hydrogens is 338 g/mol. The van der Waals surface area contributed by atoms with E-state index in [1.807, 2.05) is 50.2 Å². The molecule has 0 N–H and O–H groups in total. The third-order valence-corrected chi connectivity index (χ3v) is 5.25. The van der Waals surface area contributed by atoms with E-state index in [1.54, 1.807) is 4.90 Å². The summed E-state index contributed by atoms with van der Waals surface area (Å²) in [6, 6.07) is 13.7. The number of carbonyl (C=O) groups is 2. The zero-order valence-corrected chi connectivity index (χ0v) is 16.5. The topological polar surface area (TPSA) is 46.6 Å². The predicted octanol–water partition coefficient (Wildman–Crippen LogP) is 4.78. The molecule has 0 saturated carbocycles. The minimum absolute atomic E-state index is 0.0304. The molecule has 1 aliphatic rings. The van der Waals surface area contributed by atoms with Crippen molar-refractivity contribution in [3.63, 3.8) is 0 Å². The van der Waals surface area contributed by atoms with Gasteiger partial charge in [0.2, 0.25) is 5.91 Å². The summed E-state index contributed by atoms with van der Waals surface area (Å²) in [7, 11) is 0. The molecule has 0 aromatic heterocycles. The van der Waals surface area contributed by atoms with Crippen molar-refractivity contribution in [2.75, 3.05) is 11.4 Å². The van der Waals surface area contributed by atoms with E-state index in [2.05, 4.69) is 19.9 Å². The molecule has 1 amide bonds. The number of amides is 1. The van der Waals surface area contributed by atoms with Gasteiger partial charge in [0.15, 0.2) is 0 Å². The molecule has 1 aliphatic heterocycles. The Bertz CT molecular complexity index is 838. The van der Waals surface area contributed by atoms with E-state index in [0.717, 1.165) is 28.8 Å². The van der Waals surface area contributed by atoms with Crippen molar-refractivity contribution < 1.29 is 14.3 Å². The maximum Gasteiger partial charge on any atom is 0.316 e. The number of ether oxygens (including phenoxy) is 1. The lowest BCUT2D eigenvalue weighted by atomic mass is 9.98. The highest BCUT2D eigenvalue weighted by Crippen LogP contribution is 2.31. The van der Waals surface area contributed by atoms with Gasteiger partial charge in [0.1, 0.15) is 5.75 Å².